The van der Waals surface area contributed by atoms with Crippen LogP contribution in [0.4, 0.5) is 5.82 Å². The lowest BCUT2D eigenvalue weighted by Crippen LogP contribution is -2.16. The summed E-state index contributed by atoms with van der Waals surface area (Å²) >= 11 is 0. The van der Waals surface area contributed by atoms with Crippen LogP contribution < -0.4 is 15.2 Å². The molecule has 0 fully saturated rings. The minimum absolute atomic E-state index is 0.0862. The summed E-state index contributed by atoms with van der Waals surface area (Å²) in [6, 6.07) is 5.74. The smallest absolute Gasteiger partial charge is 0.221 e. The molecule has 2 N–H and O–H groups in total. The van der Waals surface area contributed by atoms with Crippen LogP contribution in [-0.4, -0.2) is 38.2 Å². The Kier molecular flexibility index (Phi) is 2.81. The van der Waals surface area contributed by atoms with Crippen molar-refractivity contribution in [1.82, 2.24) is 25.0 Å². The maximum atomic E-state index is 5.70. The molecule has 3 heterocycles. The lowest BCUT2D eigenvalue weighted by Gasteiger charge is -2.20. The van der Waals surface area contributed by atoms with Crippen LogP contribution in [0, 0.1) is 0 Å². The number of rotatable bonds is 2. The zero-order chi connectivity index (χ0) is 15.1. The standard InChI is InChI=1S/C14H14N6O2/c1-8(9-2-3-10-11(6-9)22-5-4-21-10)20-14-13(18-19-20)16-7-12(15)17-14/h2-3,6-8H,4-5H2,1H3,(H2,15,17). The van der Waals surface area contributed by atoms with Crippen molar-refractivity contribution in [2.75, 3.05) is 18.9 Å². The van der Waals surface area contributed by atoms with E-state index in [0.29, 0.717) is 30.3 Å². The van der Waals surface area contributed by atoms with Gasteiger partial charge in [-0.2, -0.15) is 0 Å². The van der Waals surface area contributed by atoms with E-state index < -0.39 is 0 Å². The Balaban J connectivity index is 1.76. The number of nitrogens with two attached hydrogens (primary N) is 1. The summed E-state index contributed by atoms with van der Waals surface area (Å²) in [5.41, 5.74) is 7.75. The van der Waals surface area contributed by atoms with E-state index >= 15 is 0 Å². The average molecular weight is 298 g/mol. The number of anilines is 1. The maximum absolute atomic E-state index is 5.70. The molecule has 0 bridgehead atoms. The summed E-state index contributed by atoms with van der Waals surface area (Å²) in [4.78, 5) is 8.39. The molecule has 8 nitrogen and oxygen atoms in total. The van der Waals surface area contributed by atoms with Gasteiger partial charge in [-0.1, -0.05) is 11.3 Å². The van der Waals surface area contributed by atoms with Crippen molar-refractivity contribution >= 4 is 17.1 Å². The van der Waals surface area contributed by atoms with E-state index in [0.717, 1.165) is 17.1 Å². The van der Waals surface area contributed by atoms with Crippen LogP contribution in [0.1, 0.15) is 18.5 Å². The van der Waals surface area contributed by atoms with Crippen LogP contribution in [0.15, 0.2) is 24.4 Å². The monoisotopic (exact) mass is 298 g/mol. The second kappa shape index (κ2) is 4.83. The van der Waals surface area contributed by atoms with Crippen LogP contribution in [-0.2, 0) is 0 Å². The van der Waals surface area contributed by atoms with E-state index in [1.54, 1.807) is 4.68 Å². The number of hydrogen-bond acceptors (Lipinski definition) is 7. The van der Waals surface area contributed by atoms with E-state index in [2.05, 4.69) is 20.3 Å². The van der Waals surface area contributed by atoms with E-state index in [4.69, 9.17) is 15.2 Å². The Bertz CT molecular complexity index is 846. The highest BCUT2D eigenvalue weighted by Crippen LogP contribution is 2.33. The van der Waals surface area contributed by atoms with Crippen LogP contribution in [0.25, 0.3) is 11.3 Å². The Hall–Kier alpha value is -2.90. The Morgan fingerprint density at radius 2 is 2.05 bits per heavy atom. The molecule has 0 radical (unpaired) electrons. The van der Waals surface area contributed by atoms with E-state index in [-0.39, 0.29) is 6.04 Å². The summed E-state index contributed by atoms with van der Waals surface area (Å²) < 4.78 is 12.9. The zero-order valence-corrected chi connectivity index (χ0v) is 11.9. The molecule has 1 aliphatic heterocycles. The van der Waals surface area contributed by atoms with Gasteiger partial charge >= 0.3 is 0 Å². The summed E-state index contributed by atoms with van der Waals surface area (Å²) in [5, 5.41) is 8.16. The molecule has 0 spiro atoms. The minimum Gasteiger partial charge on any atom is -0.486 e. The van der Waals surface area contributed by atoms with Crippen molar-refractivity contribution < 1.29 is 9.47 Å². The second-order valence-electron chi connectivity index (χ2n) is 5.06. The number of hydrogen-bond donors (Lipinski definition) is 1. The summed E-state index contributed by atoms with van der Waals surface area (Å²) in [7, 11) is 0. The summed E-state index contributed by atoms with van der Waals surface area (Å²) in [5.74, 6) is 1.84. The fraction of sp³-hybridized carbons (Fsp3) is 0.286. The Morgan fingerprint density at radius 3 is 2.91 bits per heavy atom. The molecule has 1 aromatic carbocycles. The second-order valence-corrected chi connectivity index (χ2v) is 5.06. The highest BCUT2D eigenvalue weighted by atomic mass is 16.6. The quantitative estimate of drug-likeness (QED) is 0.758. The summed E-state index contributed by atoms with van der Waals surface area (Å²) in [6.45, 7) is 3.13. The van der Waals surface area contributed by atoms with Crippen molar-refractivity contribution in [3.05, 3.63) is 30.0 Å². The van der Waals surface area contributed by atoms with Crippen LogP contribution >= 0.6 is 0 Å². The molecule has 0 aliphatic carbocycles. The van der Waals surface area contributed by atoms with Crippen molar-refractivity contribution in [2.45, 2.75) is 13.0 Å². The van der Waals surface area contributed by atoms with Gasteiger partial charge in [0.2, 0.25) is 11.3 Å². The van der Waals surface area contributed by atoms with Crippen molar-refractivity contribution in [3.63, 3.8) is 0 Å². The molecule has 1 aliphatic rings. The van der Waals surface area contributed by atoms with Crippen molar-refractivity contribution in [3.8, 4) is 11.5 Å². The SMILES string of the molecule is CC(c1ccc2c(c1)OCCO2)n1nnc2ncc(N)nc21. The molecule has 0 amide bonds. The first kappa shape index (κ1) is 12.8. The van der Waals surface area contributed by atoms with Gasteiger partial charge in [0.05, 0.1) is 12.2 Å². The molecular weight excluding hydrogens is 284 g/mol. The number of fused-ring (bicyclic) bond motifs is 2. The molecule has 1 unspecified atom stereocenters. The fourth-order valence-corrected chi connectivity index (χ4v) is 2.47. The molecule has 0 saturated heterocycles. The van der Waals surface area contributed by atoms with Gasteiger partial charge in [0.1, 0.15) is 19.0 Å². The number of nitrogens with zero attached hydrogens (tertiary/aromatic N) is 5. The maximum Gasteiger partial charge on any atom is 0.221 e. The number of ether oxygens (including phenoxy) is 2. The first-order valence-corrected chi connectivity index (χ1v) is 6.95. The van der Waals surface area contributed by atoms with Crippen LogP contribution in [0.3, 0.4) is 0 Å². The third-order valence-electron chi connectivity index (χ3n) is 3.62. The minimum atomic E-state index is -0.0862. The molecule has 2 aromatic heterocycles. The molecular formula is C14H14N6O2. The Labute approximate surface area is 125 Å². The van der Waals surface area contributed by atoms with Gasteiger partial charge in [-0.05, 0) is 24.6 Å². The van der Waals surface area contributed by atoms with Gasteiger partial charge in [-0.15, -0.1) is 5.10 Å². The van der Waals surface area contributed by atoms with Gasteiger partial charge in [0, 0.05) is 0 Å². The largest absolute Gasteiger partial charge is 0.486 e. The molecule has 0 saturated carbocycles. The van der Waals surface area contributed by atoms with Crippen LogP contribution in [0.2, 0.25) is 0 Å². The number of benzene rings is 1. The van der Waals surface area contributed by atoms with Gasteiger partial charge in [-0.3, -0.25) is 0 Å². The summed E-state index contributed by atoms with van der Waals surface area (Å²) in [6.07, 6.45) is 1.47. The van der Waals surface area contributed by atoms with Gasteiger partial charge < -0.3 is 15.2 Å². The third kappa shape index (κ3) is 2.00. The number of aromatic nitrogens is 5. The van der Waals surface area contributed by atoms with Crippen molar-refractivity contribution in [2.24, 2.45) is 0 Å². The fourth-order valence-electron chi connectivity index (χ4n) is 2.47. The average Bonchev–Trinajstić information content (AvgIpc) is 2.96. The van der Waals surface area contributed by atoms with Gasteiger partial charge in [0.15, 0.2) is 11.5 Å². The van der Waals surface area contributed by atoms with Gasteiger partial charge in [0.25, 0.3) is 0 Å². The highest BCUT2D eigenvalue weighted by molar-refractivity contribution is 5.66. The predicted molar refractivity (Wildman–Crippen MR) is 78.8 cm³/mol. The third-order valence-corrected chi connectivity index (χ3v) is 3.62. The molecule has 22 heavy (non-hydrogen) atoms. The molecule has 4 rings (SSSR count). The van der Waals surface area contributed by atoms with E-state index in [1.165, 1.54) is 6.20 Å². The topological polar surface area (TPSA) is 101 Å². The molecule has 1 atom stereocenters. The zero-order valence-electron chi connectivity index (χ0n) is 11.9. The lowest BCUT2D eigenvalue weighted by molar-refractivity contribution is 0.171. The lowest BCUT2D eigenvalue weighted by atomic mass is 10.1. The van der Waals surface area contributed by atoms with E-state index in [9.17, 15) is 0 Å². The molecule has 112 valence electrons. The first-order valence-electron chi connectivity index (χ1n) is 6.95. The first-order chi connectivity index (χ1) is 10.7. The normalized spacial score (nSPS) is 15.0. The van der Waals surface area contributed by atoms with E-state index in [1.807, 2.05) is 25.1 Å². The molecule has 3 aromatic rings. The Morgan fingerprint density at radius 1 is 1.23 bits per heavy atom. The predicted octanol–water partition coefficient (Wildman–Crippen LogP) is 1.18. The van der Waals surface area contributed by atoms with Gasteiger partial charge in [-0.25, -0.2) is 14.6 Å². The van der Waals surface area contributed by atoms with Crippen LogP contribution in [0.5, 0.6) is 11.5 Å². The van der Waals surface area contributed by atoms with Crippen molar-refractivity contribution in [1.29, 1.82) is 0 Å². The number of nitrogen functional groups attached to an aromatic ring is 1. The molecule has 8 heteroatoms. The highest BCUT2D eigenvalue weighted by Gasteiger charge is 2.18.